The molecule has 2 N–H and O–H groups in total. The van der Waals surface area contributed by atoms with Crippen molar-refractivity contribution in [2.24, 2.45) is 17.6 Å². The number of nitrogens with two attached hydrogens (primary N) is 1. The summed E-state index contributed by atoms with van der Waals surface area (Å²) in [7, 11) is 1.70. The highest BCUT2D eigenvalue weighted by Crippen LogP contribution is 2.25. The molecule has 0 radical (unpaired) electrons. The van der Waals surface area contributed by atoms with Gasteiger partial charge >= 0.3 is 0 Å². The maximum Gasteiger partial charge on any atom is 0.119 e. The van der Waals surface area contributed by atoms with Gasteiger partial charge in [-0.15, -0.1) is 0 Å². The Kier molecular flexibility index (Phi) is 7.03. The minimum absolute atomic E-state index is 0.259. The lowest BCUT2D eigenvalue weighted by molar-refractivity contribution is 0.160. The predicted octanol–water partition coefficient (Wildman–Crippen LogP) is 3.31. The smallest absolute Gasteiger partial charge is 0.119 e. The lowest BCUT2D eigenvalue weighted by Gasteiger charge is -2.34. The van der Waals surface area contributed by atoms with Crippen molar-refractivity contribution in [3.63, 3.8) is 0 Å². The molecule has 0 spiro atoms. The number of rotatable bonds is 8. The Balaban J connectivity index is 2.97. The third-order valence-corrected chi connectivity index (χ3v) is 3.34. The van der Waals surface area contributed by atoms with Crippen LogP contribution in [-0.2, 0) is 0 Å². The Morgan fingerprint density at radius 3 is 2.15 bits per heavy atom. The van der Waals surface area contributed by atoms with Crippen LogP contribution in [0.25, 0.3) is 0 Å². The average molecular weight is 278 g/mol. The molecule has 0 aliphatic heterocycles. The maximum absolute atomic E-state index is 6.07. The first-order valence-electron chi connectivity index (χ1n) is 7.56. The van der Waals surface area contributed by atoms with E-state index in [1.165, 1.54) is 5.56 Å². The zero-order chi connectivity index (χ0) is 15.1. The van der Waals surface area contributed by atoms with Gasteiger partial charge in [0, 0.05) is 25.7 Å². The fourth-order valence-corrected chi connectivity index (χ4v) is 2.61. The molecule has 0 saturated heterocycles. The van der Waals surface area contributed by atoms with Crippen LogP contribution >= 0.6 is 0 Å². The summed E-state index contributed by atoms with van der Waals surface area (Å²) < 4.78 is 5.33. The van der Waals surface area contributed by atoms with Crippen molar-refractivity contribution in [1.82, 2.24) is 4.90 Å². The van der Waals surface area contributed by atoms with Crippen LogP contribution in [0.1, 0.15) is 39.3 Å². The first-order valence-corrected chi connectivity index (χ1v) is 7.56. The topological polar surface area (TPSA) is 38.5 Å². The number of hydrogen-bond donors (Lipinski definition) is 1. The summed E-state index contributed by atoms with van der Waals surface area (Å²) in [4.78, 5) is 2.50. The second-order valence-electron chi connectivity index (χ2n) is 6.27. The minimum atomic E-state index is 0.259. The molecule has 0 aliphatic carbocycles. The molecule has 1 aromatic carbocycles. The van der Waals surface area contributed by atoms with Gasteiger partial charge in [0.05, 0.1) is 7.11 Å². The molecule has 0 aromatic heterocycles. The van der Waals surface area contributed by atoms with Gasteiger partial charge in [-0.1, -0.05) is 39.8 Å². The number of methoxy groups -OCH3 is 1. The monoisotopic (exact) mass is 278 g/mol. The van der Waals surface area contributed by atoms with E-state index in [9.17, 15) is 0 Å². The molecule has 1 rings (SSSR count). The van der Waals surface area contributed by atoms with Crippen LogP contribution in [0, 0.1) is 11.8 Å². The van der Waals surface area contributed by atoms with E-state index < -0.39 is 0 Å². The minimum Gasteiger partial charge on any atom is -0.497 e. The van der Waals surface area contributed by atoms with Gasteiger partial charge in [-0.2, -0.15) is 0 Å². The van der Waals surface area contributed by atoms with Crippen LogP contribution in [0.5, 0.6) is 5.75 Å². The van der Waals surface area contributed by atoms with Gasteiger partial charge in [0.15, 0.2) is 0 Å². The number of nitrogens with zero attached hydrogens (tertiary/aromatic N) is 1. The molecular weight excluding hydrogens is 248 g/mol. The second kappa shape index (κ2) is 8.28. The van der Waals surface area contributed by atoms with E-state index in [4.69, 9.17) is 10.5 Å². The van der Waals surface area contributed by atoms with Crippen LogP contribution in [0.3, 0.4) is 0 Å². The summed E-state index contributed by atoms with van der Waals surface area (Å²) >= 11 is 0. The molecule has 1 aromatic rings. The molecule has 0 aliphatic rings. The third-order valence-electron chi connectivity index (χ3n) is 3.34. The van der Waals surface area contributed by atoms with E-state index in [0.717, 1.165) is 18.8 Å². The molecule has 0 heterocycles. The van der Waals surface area contributed by atoms with Gasteiger partial charge < -0.3 is 10.5 Å². The number of ether oxygens (including phenoxy) is 1. The van der Waals surface area contributed by atoms with Crippen molar-refractivity contribution in [3.05, 3.63) is 29.8 Å². The van der Waals surface area contributed by atoms with Gasteiger partial charge in [-0.25, -0.2) is 0 Å². The van der Waals surface area contributed by atoms with Crippen molar-refractivity contribution in [2.75, 3.05) is 26.7 Å². The summed E-state index contributed by atoms with van der Waals surface area (Å²) in [6, 6.07) is 8.53. The molecule has 0 bridgehead atoms. The molecule has 114 valence electrons. The average Bonchev–Trinajstić information content (AvgIpc) is 2.38. The predicted molar refractivity (Wildman–Crippen MR) is 86.0 cm³/mol. The zero-order valence-electron chi connectivity index (χ0n) is 13.6. The molecule has 1 atom stereocenters. The van der Waals surface area contributed by atoms with Crippen molar-refractivity contribution >= 4 is 0 Å². The van der Waals surface area contributed by atoms with Gasteiger partial charge in [0.2, 0.25) is 0 Å². The maximum atomic E-state index is 6.07. The van der Waals surface area contributed by atoms with Crippen molar-refractivity contribution in [3.8, 4) is 5.75 Å². The van der Waals surface area contributed by atoms with Crippen LogP contribution in [0.15, 0.2) is 24.3 Å². The molecule has 1 unspecified atom stereocenters. The molecule has 3 heteroatoms. The first-order chi connectivity index (χ1) is 9.47. The highest BCUT2D eigenvalue weighted by molar-refractivity contribution is 5.30. The summed E-state index contributed by atoms with van der Waals surface area (Å²) in [6.07, 6.45) is 0. The van der Waals surface area contributed by atoms with Gasteiger partial charge in [0.1, 0.15) is 5.75 Å². The van der Waals surface area contributed by atoms with Crippen molar-refractivity contribution in [1.29, 1.82) is 0 Å². The van der Waals surface area contributed by atoms with E-state index in [2.05, 4.69) is 44.7 Å². The lowest BCUT2D eigenvalue weighted by Crippen LogP contribution is -2.38. The largest absolute Gasteiger partial charge is 0.497 e. The number of benzene rings is 1. The van der Waals surface area contributed by atoms with E-state index in [0.29, 0.717) is 18.4 Å². The molecule has 3 nitrogen and oxygen atoms in total. The van der Waals surface area contributed by atoms with Gasteiger partial charge in [-0.05, 0) is 29.5 Å². The number of hydrogen-bond acceptors (Lipinski definition) is 3. The summed E-state index contributed by atoms with van der Waals surface area (Å²) in [5, 5.41) is 0. The molecule has 0 saturated carbocycles. The van der Waals surface area contributed by atoms with Crippen molar-refractivity contribution < 1.29 is 4.74 Å². The summed E-state index contributed by atoms with van der Waals surface area (Å²) in [6.45, 7) is 11.8. The normalized spacial score (nSPS) is 13.2. The van der Waals surface area contributed by atoms with Crippen LogP contribution in [0.4, 0.5) is 0 Å². The zero-order valence-corrected chi connectivity index (χ0v) is 13.6. The fraction of sp³-hybridized carbons (Fsp3) is 0.647. The van der Waals surface area contributed by atoms with E-state index >= 15 is 0 Å². The Labute approximate surface area is 124 Å². The Morgan fingerprint density at radius 2 is 1.70 bits per heavy atom. The Hall–Kier alpha value is -1.06. The summed E-state index contributed by atoms with van der Waals surface area (Å²) in [5.74, 6) is 2.16. The van der Waals surface area contributed by atoms with E-state index in [-0.39, 0.29) is 6.04 Å². The third kappa shape index (κ3) is 5.14. The standard InChI is InChI=1S/C17H30N2O/c1-13(2)11-19(12-14(3)4)17(10-18)15-7-6-8-16(9-15)20-5/h6-9,13-14,17H,10-12,18H2,1-5H3. The van der Waals surface area contributed by atoms with Crippen LogP contribution < -0.4 is 10.5 Å². The molecule has 0 fully saturated rings. The molecule has 20 heavy (non-hydrogen) atoms. The highest BCUT2D eigenvalue weighted by atomic mass is 16.5. The van der Waals surface area contributed by atoms with E-state index in [1.807, 2.05) is 12.1 Å². The van der Waals surface area contributed by atoms with Crippen LogP contribution in [0.2, 0.25) is 0 Å². The van der Waals surface area contributed by atoms with Gasteiger partial charge in [0.25, 0.3) is 0 Å². The second-order valence-corrected chi connectivity index (χ2v) is 6.27. The SMILES string of the molecule is COc1cccc(C(CN)N(CC(C)C)CC(C)C)c1. The van der Waals surface area contributed by atoms with Crippen LogP contribution in [-0.4, -0.2) is 31.6 Å². The van der Waals surface area contributed by atoms with Gasteiger partial charge in [-0.3, -0.25) is 4.90 Å². The first kappa shape index (κ1) is 17.0. The Morgan fingerprint density at radius 1 is 1.10 bits per heavy atom. The Bertz CT molecular complexity index is 380. The summed E-state index contributed by atoms with van der Waals surface area (Å²) in [5.41, 5.74) is 7.31. The fourth-order valence-electron chi connectivity index (χ4n) is 2.61. The highest BCUT2D eigenvalue weighted by Gasteiger charge is 2.21. The quantitative estimate of drug-likeness (QED) is 0.793. The van der Waals surface area contributed by atoms with E-state index in [1.54, 1.807) is 7.11 Å². The molecular formula is C17H30N2O. The molecule has 0 amide bonds. The van der Waals surface area contributed by atoms with Crippen molar-refractivity contribution in [2.45, 2.75) is 33.7 Å². The lowest BCUT2D eigenvalue weighted by atomic mass is 10.0.